The topological polar surface area (TPSA) is 89.7 Å². The Morgan fingerprint density at radius 2 is 1.97 bits per heavy atom. The van der Waals surface area contributed by atoms with Crippen molar-refractivity contribution in [3.05, 3.63) is 47.5 Å². The highest BCUT2D eigenvalue weighted by Crippen LogP contribution is 2.31. The molecule has 1 aromatic heterocycles. The maximum absolute atomic E-state index is 12.6. The van der Waals surface area contributed by atoms with Gasteiger partial charge in [0.1, 0.15) is 5.52 Å². The second-order valence-corrected chi connectivity index (χ2v) is 7.64. The minimum absolute atomic E-state index is 0.0356. The molecule has 1 saturated heterocycles. The summed E-state index contributed by atoms with van der Waals surface area (Å²) < 4.78 is 37.1. The summed E-state index contributed by atoms with van der Waals surface area (Å²) in [4.78, 5) is 13.4. The lowest BCUT2D eigenvalue weighted by Crippen LogP contribution is -2.34. The molecule has 0 atom stereocenters. The standard InChI is InChI=1S/C22H24F2N4O4/c1-2-31-20-11-14(3-6-19(20)32-22(23)24)13-27-9-7-16(8-10-27)28-18-5-4-15(21(29)30)12-17(18)25-26-28/h3-6,11-12,16,22H,2,7-10,13H2,1H3,(H,29,30). The number of halogens is 2. The minimum atomic E-state index is -2.90. The van der Waals surface area contributed by atoms with E-state index in [1.807, 2.05) is 4.68 Å². The zero-order valence-corrected chi connectivity index (χ0v) is 17.6. The van der Waals surface area contributed by atoms with E-state index in [9.17, 15) is 13.6 Å². The van der Waals surface area contributed by atoms with Crippen LogP contribution in [0.2, 0.25) is 0 Å². The Morgan fingerprint density at radius 3 is 2.66 bits per heavy atom. The summed E-state index contributed by atoms with van der Waals surface area (Å²) in [6.07, 6.45) is 1.73. The summed E-state index contributed by atoms with van der Waals surface area (Å²) in [6, 6.07) is 10.1. The molecule has 0 saturated carbocycles. The number of alkyl halides is 2. The van der Waals surface area contributed by atoms with Gasteiger partial charge >= 0.3 is 12.6 Å². The molecule has 32 heavy (non-hydrogen) atoms. The molecule has 4 rings (SSSR count). The van der Waals surface area contributed by atoms with Crippen LogP contribution >= 0.6 is 0 Å². The number of fused-ring (bicyclic) bond motifs is 1. The number of piperidine rings is 1. The number of carbonyl (C=O) groups is 1. The average Bonchev–Trinajstić information content (AvgIpc) is 3.19. The first-order valence-corrected chi connectivity index (χ1v) is 10.5. The highest BCUT2D eigenvalue weighted by Gasteiger charge is 2.24. The molecule has 0 radical (unpaired) electrons. The summed E-state index contributed by atoms with van der Waals surface area (Å²) in [7, 11) is 0. The number of ether oxygens (including phenoxy) is 2. The van der Waals surface area contributed by atoms with Crippen LogP contribution in [-0.4, -0.2) is 57.3 Å². The molecule has 0 aliphatic carbocycles. The van der Waals surface area contributed by atoms with E-state index >= 15 is 0 Å². The van der Waals surface area contributed by atoms with Gasteiger partial charge in [0.05, 0.1) is 23.7 Å². The highest BCUT2D eigenvalue weighted by atomic mass is 19.3. The van der Waals surface area contributed by atoms with Crippen molar-refractivity contribution in [3.63, 3.8) is 0 Å². The Morgan fingerprint density at radius 1 is 1.19 bits per heavy atom. The fourth-order valence-electron chi connectivity index (χ4n) is 4.04. The van der Waals surface area contributed by atoms with E-state index in [0.29, 0.717) is 24.4 Å². The van der Waals surface area contributed by atoms with E-state index in [2.05, 4.69) is 19.9 Å². The van der Waals surface area contributed by atoms with Gasteiger partial charge in [-0.1, -0.05) is 11.3 Å². The van der Waals surface area contributed by atoms with E-state index < -0.39 is 12.6 Å². The van der Waals surface area contributed by atoms with Gasteiger partial charge in [0.2, 0.25) is 0 Å². The van der Waals surface area contributed by atoms with Gasteiger partial charge in [-0.3, -0.25) is 4.90 Å². The zero-order valence-electron chi connectivity index (χ0n) is 17.6. The van der Waals surface area contributed by atoms with Gasteiger partial charge < -0.3 is 14.6 Å². The molecule has 1 aliphatic rings. The fourth-order valence-corrected chi connectivity index (χ4v) is 4.04. The van der Waals surface area contributed by atoms with Gasteiger partial charge in [0, 0.05) is 19.6 Å². The van der Waals surface area contributed by atoms with Crippen molar-refractivity contribution in [3.8, 4) is 11.5 Å². The molecule has 0 bridgehead atoms. The Kier molecular flexibility index (Phi) is 6.50. The molecule has 0 unspecified atom stereocenters. The number of rotatable bonds is 8. The van der Waals surface area contributed by atoms with Crippen LogP contribution in [0, 0.1) is 0 Å². The van der Waals surface area contributed by atoms with Crippen molar-refractivity contribution in [2.24, 2.45) is 0 Å². The lowest BCUT2D eigenvalue weighted by atomic mass is 10.0. The van der Waals surface area contributed by atoms with Crippen LogP contribution in [-0.2, 0) is 6.54 Å². The molecular formula is C22H24F2N4O4. The number of aromatic carboxylic acids is 1. The van der Waals surface area contributed by atoms with Gasteiger partial charge in [-0.25, -0.2) is 9.48 Å². The molecule has 170 valence electrons. The molecule has 0 spiro atoms. The van der Waals surface area contributed by atoms with Crippen LogP contribution in [0.25, 0.3) is 11.0 Å². The summed E-state index contributed by atoms with van der Waals surface area (Å²) in [5.41, 5.74) is 2.54. The van der Waals surface area contributed by atoms with Crippen LogP contribution in [0.15, 0.2) is 36.4 Å². The van der Waals surface area contributed by atoms with Crippen molar-refractivity contribution in [2.75, 3.05) is 19.7 Å². The number of likely N-dealkylation sites (tertiary alicyclic amines) is 1. The van der Waals surface area contributed by atoms with Gasteiger partial charge in [-0.2, -0.15) is 8.78 Å². The lowest BCUT2D eigenvalue weighted by molar-refractivity contribution is -0.0514. The average molecular weight is 446 g/mol. The third-order valence-corrected chi connectivity index (χ3v) is 5.55. The summed E-state index contributed by atoms with van der Waals surface area (Å²) in [6.45, 7) is 1.58. The molecule has 8 nitrogen and oxygen atoms in total. The maximum Gasteiger partial charge on any atom is 0.387 e. The van der Waals surface area contributed by atoms with Crippen LogP contribution in [0.5, 0.6) is 11.5 Å². The van der Waals surface area contributed by atoms with Gasteiger partial charge in [0.15, 0.2) is 11.5 Å². The molecule has 10 heteroatoms. The van der Waals surface area contributed by atoms with Crippen LogP contribution in [0.1, 0.15) is 41.7 Å². The van der Waals surface area contributed by atoms with Crippen molar-refractivity contribution in [2.45, 2.75) is 39.0 Å². The molecule has 2 heterocycles. The predicted octanol–water partition coefficient (Wildman–Crippen LogP) is 3.97. The summed E-state index contributed by atoms with van der Waals surface area (Å²) in [5.74, 6) is -0.639. The van der Waals surface area contributed by atoms with E-state index in [-0.39, 0.29) is 17.4 Å². The van der Waals surface area contributed by atoms with Gasteiger partial charge in [-0.15, -0.1) is 5.10 Å². The number of benzene rings is 2. The number of hydrogen-bond donors (Lipinski definition) is 1. The Balaban J connectivity index is 1.40. The first-order chi connectivity index (χ1) is 15.4. The van der Waals surface area contributed by atoms with E-state index in [1.165, 1.54) is 12.1 Å². The Hall–Kier alpha value is -3.27. The van der Waals surface area contributed by atoms with E-state index in [1.54, 1.807) is 31.2 Å². The normalized spacial score (nSPS) is 15.4. The van der Waals surface area contributed by atoms with Crippen molar-refractivity contribution in [1.29, 1.82) is 0 Å². The monoisotopic (exact) mass is 446 g/mol. The molecule has 1 N–H and O–H groups in total. The second kappa shape index (κ2) is 9.47. The Bertz CT molecular complexity index is 1100. The molecule has 2 aromatic carbocycles. The first kappa shape index (κ1) is 21.9. The van der Waals surface area contributed by atoms with Gasteiger partial charge in [-0.05, 0) is 55.7 Å². The SMILES string of the molecule is CCOc1cc(CN2CCC(n3nnc4cc(C(=O)O)ccc43)CC2)ccc1OC(F)F. The fraction of sp³-hybridized carbons (Fsp3) is 0.409. The summed E-state index contributed by atoms with van der Waals surface area (Å²) >= 11 is 0. The van der Waals surface area contributed by atoms with Crippen LogP contribution in [0.4, 0.5) is 8.78 Å². The third kappa shape index (κ3) is 4.80. The number of hydrogen-bond acceptors (Lipinski definition) is 6. The number of aromatic nitrogens is 3. The van der Waals surface area contributed by atoms with E-state index in [4.69, 9.17) is 9.84 Å². The maximum atomic E-state index is 12.6. The van der Waals surface area contributed by atoms with Crippen molar-refractivity contribution in [1.82, 2.24) is 19.9 Å². The smallest absolute Gasteiger partial charge is 0.387 e. The third-order valence-electron chi connectivity index (χ3n) is 5.55. The van der Waals surface area contributed by atoms with Crippen LogP contribution < -0.4 is 9.47 Å². The first-order valence-electron chi connectivity index (χ1n) is 10.5. The molecule has 0 amide bonds. The predicted molar refractivity (Wildman–Crippen MR) is 112 cm³/mol. The van der Waals surface area contributed by atoms with Gasteiger partial charge in [0.25, 0.3) is 0 Å². The number of carboxylic acid groups (broad SMARTS) is 1. The Labute approximate surface area is 183 Å². The molecule has 1 fully saturated rings. The van der Waals surface area contributed by atoms with Crippen LogP contribution in [0.3, 0.4) is 0 Å². The highest BCUT2D eigenvalue weighted by molar-refractivity contribution is 5.92. The van der Waals surface area contributed by atoms with Crippen molar-refractivity contribution < 1.29 is 28.2 Å². The lowest BCUT2D eigenvalue weighted by Gasteiger charge is -2.32. The molecular weight excluding hydrogens is 422 g/mol. The second-order valence-electron chi connectivity index (χ2n) is 7.64. The number of carboxylic acids is 1. The molecule has 1 aliphatic heterocycles. The molecule has 3 aromatic rings. The largest absolute Gasteiger partial charge is 0.490 e. The minimum Gasteiger partial charge on any atom is -0.490 e. The summed E-state index contributed by atoms with van der Waals surface area (Å²) in [5, 5.41) is 17.5. The van der Waals surface area contributed by atoms with Crippen molar-refractivity contribution >= 4 is 17.0 Å². The zero-order chi connectivity index (χ0) is 22.7. The number of nitrogens with zero attached hydrogens (tertiary/aromatic N) is 4. The van der Waals surface area contributed by atoms with E-state index in [0.717, 1.165) is 37.0 Å². The quantitative estimate of drug-likeness (QED) is 0.560.